The van der Waals surface area contributed by atoms with Crippen LogP contribution in [0.5, 0.6) is 0 Å². The van der Waals surface area contributed by atoms with Crippen molar-refractivity contribution in [3.05, 3.63) is 35.1 Å². The molecule has 1 aliphatic heterocycles. The summed E-state index contributed by atoms with van der Waals surface area (Å²) < 4.78 is 0. The molecule has 2 heterocycles. The Hall–Kier alpha value is -1.00. The van der Waals surface area contributed by atoms with Gasteiger partial charge in [-0.1, -0.05) is 29.8 Å². The second kappa shape index (κ2) is 6.64. The van der Waals surface area contributed by atoms with E-state index in [-0.39, 0.29) is 0 Å². The monoisotopic (exact) mass is 307 g/mol. The zero-order chi connectivity index (χ0) is 13.8. The second-order valence-corrected chi connectivity index (χ2v) is 6.58. The molecule has 1 fully saturated rings. The Bertz CT molecular complexity index is 536. The average Bonchev–Trinajstić information content (AvgIpc) is 2.77. The Kier molecular flexibility index (Phi) is 4.63. The molecule has 0 saturated carbocycles. The van der Waals surface area contributed by atoms with Crippen molar-refractivity contribution in [3.63, 3.8) is 0 Å². The number of hydrogen-bond acceptors (Lipinski definition) is 4. The molecule has 0 aromatic carbocycles. The lowest BCUT2D eigenvalue weighted by atomic mass is 10.1. The molecule has 2 aliphatic rings. The molecule has 0 atom stereocenters. The first-order valence-corrected chi connectivity index (χ1v) is 8.60. The zero-order valence-electron chi connectivity index (χ0n) is 11.4. The molecule has 0 N–H and O–H groups in total. The van der Waals surface area contributed by atoms with Crippen molar-refractivity contribution in [1.82, 2.24) is 9.97 Å². The molecule has 1 saturated heterocycles. The molecule has 0 amide bonds. The van der Waals surface area contributed by atoms with E-state index in [0.29, 0.717) is 5.15 Å². The summed E-state index contributed by atoms with van der Waals surface area (Å²) in [6.07, 6.45) is 10.1. The molecular formula is C15H18ClN3S. The third-order valence-electron chi connectivity index (χ3n) is 3.51. The van der Waals surface area contributed by atoms with Gasteiger partial charge >= 0.3 is 0 Å². The fourth-order valence-electron chi connectivity index (χ4n) is 2.42. The van der Waals surface area contributed by atoms with Gasteiger partial charge in [0, 0.05) is 30.7 Å². The number of allylic oxidation sites excluding steroid dienone is 4. The van der Waals surface area contributed by atoms with E-state index < -0.39 is 0 Å². The zero-order valence-corrected chi connectivity index (χ0v) is 13.0. The topological polar surface area (TPSA) is 29.0 Å². The van der Waals surface area contributed by atoms with Crippen molar-refractivity contribution in [1.29, 1.82) is 0 Å². The first-order chi connectivity index (χ1) is 9.83. The van der Waals surface area contributed by atoms with Crippen molar-refractivity contribution in [2.75, 3.05) is 29.5 Å². The van der Waals surface area contributed by atoms with Crippen LogP contribution in [-0.4, -0.2) is 34.6 Å². The molecule has 3 nitrogen and oxygen atoms in total. The van der Waals surface area contributed by atoms with E-state index in [1.165, 1.54) is 12.0 Å². The molecular weight excluding hydrogens is 290 g/mol. The number of aromatic nitrogens is 2. The first-order valence-electron chi connectivity index (χ1n) is 7.07. The molecule has 0 radical (unpaired) electrons. The Morgan fingerprint density at radius 2 is 2.00 bits per heavy atom. The summed E-state index contributed by atoms with van der Waals surface area (Å²) in [6.45, 7) is 2.00. The van der Waals surface area contributed by atoms with Crippen molar-refractivity contribution in [2.24, 2.45) is 0 Å². The van der Waals surface area contributed by atoms with E-state index in [1.54, 1.807) is 0 Å². The maximum absolute atomic E-state index is 6.19. The number of thioether (sulfide) groups is 1. The standard InChI is InChI=1S/C15H18ClN3S/c16-14-11-13(12-5-3-1-2-4-6-12)17-15(18-14)19-7-9-20-10-8-19/h3,5-6,11H,1-2,4,7-10H2. The molecule has 20 heavy (non-hydrogen) atoms. The highest BCUT2D eigenvalue weighted by Crippen LogP contribution is 2.24. The van der Waals surface area contributed by atoms with Gasteiger partial charge in [0.1, 0.15) is 5.15 Å². The number of rotatable bonds is 2. The molecule has 0 unspecified atom stereocenters. The Labute approximate surface area is 129 Å². The molecule has 3 rings (SSSR count). The van der Waals surface area contributed by atoms with Crippen LogP contribution in [0.2, 0.25) is 5.15 Å². The summed E-state index contributed by atoms with van der Waals surface area (Å²) in [7, 11) is 0. The lowest BCUT2D eigenvalue weighted by molar-refractivity contribution is 0.813. The highest BCUT2D eigenvalue weighted by Gasteiger charge is 2.16. The molecule has 0 spiro atoms. The summed E-state index contributed by atoms with van der Waals surface area (Å²) >= 11 is 8.17. The van der Waals surface area contributed by atoms with Crippen LogP contribution in [0.3, 0.4) is 0 Å². The van der Waals surface area contributed by atoms with Gasteiger partial charge in [-0.15, -0.1) is 0 Å². The minimum absolute atomic E-state index is 0.529. The molecule has 1 aromatic heterocycles. The van der Waals surface area contributed by atoms with Gasteiger partial charge in [-0.3, -0.25) is 0 Å². The van der Waals surface area contributed by atoms with E-state index in [2.05, 4.69) is 28.1 Å². The second-order valence-electron chi connectivity index (χ2n) is 4.97. The van der Waals surface area contributed by atoms with E-state index >= 15 is 0 Å². The van der Waals surface area contributed by atoms with Crippen LogP contribution in [0.4, 0.5) is 5.95 Å². The predicted octanol–water partition coefficient (Wildman–Crippen LogP) is 3.81. The van der Waals surface area contributed by atoms with Gasteiger partial charge in [0.15, 0.2) is 0 Å². The van der Waals surface area contributed by atoms with Crippen LogP contribution in [0.25, 0.3) is 5.57 Å². The lowest BCUT2D eigenvalue weighted by Gasteiger charge is -2.26. The van der Waals surface area contributed by atoms with Crippen molar-refractivity contribution in [3.8, 4) is 0 Å². The summed E-state index contributed by atoms with van der Waals surface area (Å²) in [5, 5.41) is 0.529. The van der Waals surface area contributed by atoms with Crippen LogP contribution in [0.1, 0.15) is 25.0 Å². The van der Waals surface area contributed by atoms with Crippen molar-refractivity contribution < 1.29 is 0 Å². The SMILES string of the molecule is Clc1cc(C2=CCCCC=C2)nc(N2CCSCC2)n1. The number of halogens is 1. The van der Waals surface area contributed by atoms with Crippen LogP contribution < -0.4 is 4.90 Å². The molecule has 5 heteroatoms. The van der Waals surface area contributed by atoms with E-state index in [4.69, 9.17) is 16.6 Å². The van der Waals surface area contributed by atoms with Gasteiger partial charge in [-0.25, -0.2) is 9.97 Å². The smallest absolute Gasteiger partial charge is 0.227 e. The fourth-order valence-corrected chi connectivity index (χ4v) is 3.50. The van der Waals surface area contributed by atoms with E-state index in [0.717, 1.165) is 49.1 Å². The third-order valence-corrected chi connectivity index (χ3v) is 4.65. The van der Waals surface area contributed by atoms with Gasteiger partial charge in [0.05, 0.1) is 5.69 Å². The number of nitrogens with zero attached hydrogens (tertiary/aromatic N) is 3. The summed E-state index contributed by atoms with van der Waals surface area (Å²) in [5.41, 5.74) is 2.11. The van der Waals surface area contributed by atoms with Crippen LogP contribution in [-0.2, 0) is 0 Å². The Balaban J connectivity index is 1.91. The molecule has 1 aromatic rings. The number of hydrogen-bond donors (Lipinski definition) is 0. The quantitative estimate of drug-likeness (QED) is 0.777. The predicted molar refractivity (Wildman–Crippen MR) is 87.5 cm³/mol. The largest absolute Gasteiger partial charge is 0.339 e. The van der Waals surface area contributed by atoms with Crippen LogP contribution in [0, 0.1) is 0 Å². The lowest BCUT2D eigenvalue weighted by Crippen LogP contribution is -2.34. The summed E-state index contributed by atoms with van der Waals surface area (Å²) in [4.78, 5) is 11.3. The van der Waals surface area contributed by atoms with Gasteiger partial charge < -0.3 is 4.90 Å². The minimum Gasteiger partial charge on any atom is -0.339 e. The van der Waals surface area contributed by atoms with Crippen LogP contribution >= 0.6 is 23.4 Å². The van der Waals surface area contributed by atoms with Gasteiger partial charge in [0.25, 0.3) is 0 Å². The Morgan fingerprint density at radius 1 is 1.15 bits per heavy atom. The summed E-state index contributed by atoms with van der Waals surface area (Å²) in [6, 6.07) is 1.87. The third kappa shape index (κ3) is 3.36. The van der Waals surface area contributed by atoms with Gasteiger partial charge in [-0.05, 0) is 24.8 Å². The highest BCUT2D eigenvalue weighted by molar-refractivity contribution is 7.99. The van der Waals surface area contributed by atoms with Gasteiger partial charge in [-0.2, -0.15) is 11.8 Å². The van der Waals surface area contributed by atoms with E-state index in [9.17, 15) is 0 Å². The average molecular weight is 308 g/mol. The molecule has 0 bridgehead atoms. The molecule has 1 aliphatic carbocycles. The summed E-state index contributed by atoms with van der Waals surface area (Å²) in [5.74, 6) is 3.04. The molecule has 106 valence electrons. The van der Waals surface area contributed by atoms with Crippen molar-refractivity contribution >= 4 is 34.9 Å². The maximum Gasteiger partial charge on any atom is 0.227 e. The fraction of sp³-hybridized carbons (Fsp3) is 0.467. The van der Waals surface area contributed by atoms with E-state index in [1.807, 2.05) is 17.8 Å². The Morgan fingerprint density at radius 3 is 2.85 bits per heavy atom. The normalized spacial score (nSPS) is 19.6. The van der Waals surface area contributed by atoms with Crippen molar-refractivity contribution in [2.45, 2.75) is 19.3 Å². The van der Waals surface area contributed by atoms with Gasteiger partial charge in [0.2, 0.25) is 5.95 Å². The first kappa shape index (κ1) is 14.0. The highest BCUT2D eigenvalue weighted by atomic mass is 35.5. The number of anilines is 1. The maximum atomic E-state index is 6.19. The minimum atomic E-state index is 0.529. The van der Waals surface area contributed by atoms with Crippen LogP contribution in [0.15, 0.2) is 24.3 Å².